The minimum Gasteiger partial charge on any atom is -0.480 e. The van der Waals surface area contributed by atoms with Gasteiger partial charge in [-0.2, -0.15) is 5.26 Å². The number of hydrogen-bond donors (Lipinski definition) is 1. The van der Waals surface area contributed by atoms with Gasteiger partial charge in [0.1, 0.15) is 11.5 Å². The van der Waals surface area contributed by atoms with Crippen LogP contribution in [-0.2, 0) is 9.53 Å². The van der Waals surface area contributed by atoms with Crippen LogP contribution in [0.5, 0.6) is 0 Å². The number of amides is 1. The molecule has 6 heteroatoms. The lowest BCUT2D eigenvalue weighted by Gasteiger charge is -2.34. The summed E-state index contributed by atoms with van der Waals surface area (Å²) >= 11 is 0. The highest BCUT2D eigenvalue weighted by Crippen LogP contribution is 2.26. The van der Waals surface area contributed by atoms with Crippen LogP contribution in [0.1, 0.15) is 33.6 Å². The molecule has 1 aliphatic heterocycles. The van der Waals surface area contributed by atoms with Gasteiger partial charge in [0.05, 0.1) is 6.07 Å². The van der Waals surface area contributed by atoms with E-state index in [1.807, 2.05) is 6.07 Å². The van der Waals surface area contributed by atoms with Crippen LogP contribution in [0, 0.1) is 23.2 Å². The molecule has 1 rings (SSSR count). The van der Waals surface area contributed by atoms with Crippen molar-refractivity contribution < 1.29 is 19.4 Å². The molecule has 19 heavy (non-hydrogen) atoms. The van der Waals surface area contributed by atoms with E-state index in [9.17, 15) is 9.59 Å². The first-order valence-corrected chi connectivity index (χ1v) is 6.35. The Morgan fingerprint density at radius 2 is 1.89 bits per heavy atom. The number of aliphatic carboxylic acids is 1. The third-order valence-electron chi connectivity index (χ3n) is 3.07. The molecular weight excluding hydrogens is 248 g/mol. The molecule has 1 N–H and O–H groups in total. The van der Waals surface area contributed by atoms with Gasteiger partial charge >= 0.3 is 12.1 Å². The van der Waals surface area contributed by atoms with Crippen LogP contribution < -0.4 is 0 Å². The Morgan fingerprint density at radius 3 is 2.26 bits per heavy atom. The second-order valence-electron chi connectivity index (χ2n) is 5.75. The number of likely N-dealkylation sites (tertiary alicyclic amines) is 1. The van der Waals surface area contributed by atoms with Crippen LogP contribution in [0.15, 0.2) is 0 Å². The predicted molar refractivity (Wildman–Crippen MR) is 67.3 cm³/mol. The highest BCUT2D eigenvalue weighted by Gasteiger charge is 2.33. The number of carbonyl (C=O) groups is 2. The number of rotatable bonds is 2. The Balaban J connectivity index is 2.52. The van der Waals surface area contributed by atoms with Gasteiger partial charge in [0.25, 0.3) is 0 Å². The maximum atomic E-state index is 11.8. The van der Waals surface area contributed by atoms with E-state index in [-0.39, 0.29) is 12.0 Å². The average molecular weight is 268 g/mol. The molecule has 6 nitrogen and oxygen atoms in total. The molecule has 0 aliphatic carbocycles. The van der Waals surface area contributed by atoms with Crippen molar-refractivity contribution in [1.29, 1.82) is 5.26 Å². The molecule has 1 unspecified atom stereocenters. The van der Waals surface area contributed by atoms with Crippen molar-refractivity contribution in [2.24, 2.45) is 11.8 Å². The molecule has 0 saturated carbocycles. The van der Waals surface area contributed by atoms with Crippen molar-refractivity contribution in [3.05, 3.63) is 0 Å². The second kappa shape index (κ2) is 5.91. The summed E-state index contributed by atoms with van der Waals surface area (Å²) in [5, 5.41) is 17.8. The fourth-order valence-electron chi connectivity index (χ4n) is 2.10. The first-order valence-electron chi connectivity index (χ1n) is 6.35. The molecule has 0 radical (unpaired) electrons. The summed E-state index contributed by atoms with van der Waals surface area (Å²) in [6.45, 7) is 6.27. The van der Waals surface area contributed by atoms with Crippen LogP contribution in [0.4, 0.5) is 4.79 Å². The number of nitriles is 1. The zero-order valence-corrected chi connectivity index (χ0v) is 11.5. The molecular formula is C13H20N2O4. The standard InChI is InChI=1S/C13H20N2O4/c1-13(2,3)19-12(18)15-6-4-9(5-7-15)10(8-14)11(16)17/h9-10H,4-7H2,1-3H3,(H,16,17). The van der Waals surface area contributed by atoms with E-state index in [4.69, 9.17) is 15.1 Å². The van der Waals surface area contributed by atoms with E-state index in [1.165, 1.54) is 0 Å². The van der Waals surface area contributed by atoms with Gasteiger partial charge in [-0.3, -0.25) is 4.79 Å². The zero-order chi connectivity index (χ0) is 14.6. The Morgan fingerprint density at radius 1 is 1.37 bits per heavy atom. The van der Waals surface area contributed by atoms with E-state index in [0.29, 0.717) is 25.9 Å². The minimum atomic E-state index is -1.08. The molecule has 0 aromatic heterocycles. The van der Waals surface area contributed by atoms with Gasteiger partial charge in [-0.25, -0.2) is 4.79 Å². The number of nitrogens with zero attached hydrogens (tertiary/aromatic N) is 2. The van der Waals surface area contributed by atoms with Gasteiger partial charge in [-0.1, -0.05) is 0 Å². The van der Waals surface area contributed by atoms with Crippen molar-refractivity contribution >= 4 is 12.1 Å². The van der Waals surface area contributed by atoms with Gasteiger partial charge in [-0.05, 0) is 39.5 Å². The fourth-order valence-corrected chi connectivity index (χ4v) is 2.10. The number of piperidine rings is 1. The Bertz CT molecular complexity index is 386. The van der Waals surface area contributed by atoms with Gasteiger partial charge in [0.2, 0.25) is 0 Å². The summed E-state index contributed by atoms with van der Waals surface area (Å²) in [6, 6.07) is 1.82. The molecule has 1 aliphatic rings. The van der Waals surface area contributed by atoms with E-state index in [1.54, 1.807) is 25.7 Å². The second-order valence-corrected chi connectivity index (χ2v) is 5.75. The lowest BCUT2D eigenvalue weighted by Crippen LogP contribution is -2.43. The summed E-state index contributed by atoms with van der Waals surface area (Å²) in [7, 11) is 0. The largest absolute Gasteiger partial charge is 0.480 e. The van der Waals surface area contributed by atoms with Gasteiger partial charge < -0.3 is 14.7 Å². The van der Waals surface area contributed by atoms with Gasteiger partial charge in [0, 0.05) is 13.1 Å². The Kier molecular flexibility index (Phi) is 4.76. The summed E-state index contributed by atoms with van der Waals surface area (Å²) in [5.74, 6) is -2.26. The molecule has 0 aromatic carbocycles. The minimum absolute atomic E-state index is 0.193. The fraction of sp³-hybridized carbons (Fsp3) is 0.769. The molecule has 1 amide bonds. The molecule has 1 saturated heterocycles. The normalized spacial score (nSPS) is 18.5. The lowest BCUT2D eigenvalue weighted by atomic mass is 9.85. The first kappa shape index (κ1) is 15.3. The Hall–Kier alpha value is -1.77. The van der Waals surface area contributed by atoms with Crippen molar-refractivity contribution in [3.8, 4) is 6.07 Å². The zero-order valence-electron chi connectivity index (χ0n) is 11.5. The van der Waals surface area contributed by atoms with Crippen LogP contribution >= 0.6 is 0 Å². The highest BCUT2D eigenvalue weighted by atomic mass is 16.6. The number of hydrogen-bond acceptors (Lipinski definition) is 4. The monoisotopic (exact) mass is 268 g/mol. The predicted octanol–water partition coefficient (Wildman–Crippen LogP) is 1.86. The highest BCUT2D eigenvalue weighted by molar-refractivity contribution is 5.73. The SMILES string of the molecule is CC(C)(C)OC(=O)N1CCC(C(C#N)C(=O)O)CC1. The van der Waals surface area contributed by atoms with Crippen molar-refractivity contribution in [1.82, 2.24) is 4.90 Å². The molecule has 1 atom stereocenters. The molecule has 0 bridgehead atoms. The maximum absolute atomic E-state index is 11.8. The summed E-state index contributed by atoms with van der Waals surface area (Å²) in [6.07, 6.45) is 0.655. The van der Waals surface area contributed by atoms with E-state index in [2.05, 4.69) is 0 Å². The molecule has 1 fully saturated rings. The molecule has 1 heterocycles. The smallest absolute Gasteiger partial charge is 0.410 e. The Labute approximate surface area is 112 Å². The number of carboxylic acids is 1. The lowest BCUT2D eigenvalue weighted by molar-refractivity contribution is -0.141. The average Bonchev–Trinajstić information content (AvgIpc) is 2.28. The summed E-state index contributed by atoms with van der Waals surface area (Å²) < 4.78 is 5.25. The molecule has 106 valence electrons. The van der Waals surface area contributed by atoms with E-state index in [0.717, 1.165) is 0 Å². The first-order chi connectivity index (χ1) is 8.74. The summed E-state index contributed by atoms with van der Waals surface area (Å²) in [4.78, 5) is 24.3. The van der Waals surface area contributed by atoms with Crippen molar-refractivity contribution in [2.75, 3.05) is 13.1 Å². The number of ether oxygens (including phenoxy) is 1. The molecule has 0 aromatic rings. The van der Waals surface area contributed by atoms with E-state index < -0.39 is 17.5 Å². The quantitative estimate of drug-likeness (QED) is 0.825. The van der Waals surface area contributed by atoms with Gasteiger partial charge in [0.15, 0.2) is 0 Å². The third kappa shape index (κ3) is 4.43. The topological polar surface area (TPSA) is 90.6 Å². The van der Waals surface area contributed by atoms with Gasteiger partial charge in [-0.15, -0.1) is 0 Å². The third-order valence-corrected chi connectivity index (χ3v) is 3.07. The van der Waals surface area contributed by atoms with Crippen LogP contribution in [0.3, 0.4) is 0 Å². The van der Waals surface area contributed by atoms with Crippen LogP contribution in [0.2, 0.25) is 0 Å². The molecule has 0 spiro atoms. The summed E-state index contributed by atoms with van der Waals surface area (Å²) in [5.41, 5.74) is -0.538. The van der Waals surface area contributed by atoms with Crippen LogP contribution in [0.25, 0.3) is 0 Å². The van der Waals surface area contributed by atoms with Crippen LogP contribution in [-0.4, -0.2) is 40.8 Å². The number of carbonyl (C=O) groups excluding carboxylic acids is 1. The maximum Gasteiger partial charge on any atom is 0.410 e. The van der Waals surface area contributed by atoms with Crippen molar-refractivity contribution in [3.63, 3.8) is 0 Å². The number of carboxylic acid groups (broad SMARTS) is 1. The van der Waals surface area contributed by atoms with E-state index >= 15 is 0 Å². The van der Waals surface area contributed by atoms with Crippen molar-refractivity contribution in [2.45, 2.75) is 39.2 Å².